The molecule has 0 atom stereocenters. The number of para-hydroxylation sites is 1. The Labute approximate surface area is 103 Å². The lowest BCUT2D eigenvalue weighted by Crippen LogP contribution is -2.08. The summed E-state index contributed by atoms with van der Waals surface area (Å²) in [6.45, 7) is 3.61. The maximum absolute atomic E-state index is 11.4. The third-order valence-electron chi connectivity index (χ3n) is 2.24. The minimum Gasteiger partial charge on any atom is -0.427 e. The summed E-state index contributed by atoms with van der Waals surface area (Å²) >= 11 is 0. The molecule has 0 saturated heterocycles. The number of hydrogen-bond acceptors (Lipinski definition) is 3. The van der Waals surface area contributed by atoms with Crippen LogP contribution in [0.1, 0.15) is 32.6 Å². The highest BCUT2D eigenvalue weighted by molar-refractivity contribution is 5.72. The number of carbonyl (C=O) groups is 1. The van der Waals surface area contributed by atoms with Gasteiger partial charge in [-0.15, -0.1) is 0 Å². The molecule has 0 amide bonds. The molecule has 17 heavy (non-hydrogen) atoms. The van der Waals surface area contributed by atoms with E-state index >= 15 is 0 Å². The fourth-order valence-electron chi connectivity index (χ4n) is 1.39. The Morgan fingerprint density at radius 3 is 2.59 bits per heavy atom. The van der Waals surface area contributed by atoms with E-state index in [2.05, 4.69) is 6.92 Å². The predicted octanol–water partition coefficient (Wildman–Crippen LogP) is 3.19. The van der Waals surface area contributed by atoms with Gasteiger partial charge in [-0.25, -0.2) is 0 Å². The fourth-order valence-corrected chi connectivity index (χ4v) is 1.39. The quantitative estimate of drug-likeness (QED) is 0.395. The van der Waals surface area contributed by atoms with Crippen molar-refractivity contribution < 1.29 is 14.3 Å². The normalized spacial score (nSPS) is 10.2. The van der Waals surface area contributed by atoms with Crippen LogP contribution in [-0.2, 0) is 9.53 Å². The van der Waals surface area contributed by atoms with Crippen LogP contribution in [0, 0.1) is 0 Å². The van der Waals surface area contributed by atoms with Gasteiger partial charge in [-0.05, 0) is 31.4 Å². The van der Waals surface area contributed by atoms with E-state index in [-0.39, 0.29) is 5.97 Å². The van der Waals surface area contributed by atoms with Crippen LogP contribution in [0.25, 0.3) is 0 Å². The van der Waals surface area contributed by atoms with Crippen LogP contribution >= 0.6 is 0 Å². The monoisotopic (exact) mass is 236 g/mol. The van der Waals surface area contributed by atoms with Crippen LogP contribution in [0.3, 0.4) is 0 Å². The molecule has 3 heteroatoms. The van der Waals surface area contributed by atoms with Crippen molar-refractivity contribution in [2.45, 2.75) is 32.6 Å². The van der Waals surface area contributed by atoms with Crippen molar-refractivity contribution in [2.75, 3.05) is 13.2 Å². The second-order valence-electron chi connectivity index (χ2n) is 3.86. The van der Waals surface area contributed by atoms with E-state index in [0.717, 1.165) is 32.5 Å². The Morgan fingerprint density at radius 1 is 1.12 bits per heavy atom. The van der Waals surface area contributed by atoms with Crippen molar-refractivity contribution in [2.24, 2.45) is 0 Å². The van der Waals surface area contributed by atoms with Gasteiger partial charge in [0.05, 0.1) is 0 Å². The van der Waals surface area contributed by atoms with E-state index in [1.54, 1.807) is 12.1 Å². The van der Waals surface area contributed by atoms with Crippen molar-refractivity contribution in [3.05, 3.63) is 30.3 Å². The molecule has 1 aromatic rings. The van der Waals surface area contributed by atoms with Gasteiger partial charge >= 0.3 is 5.97 Å². The van der Waals surface area contributed by atoms with Gasteiger partial charge in [0.15, 0.2) is 0 Å². The highest BCUT2D eigenvalue weighted by Crippen LogP contribution is 2.10. The zero-order valence-corrected chi connectivity index (χ0v) is 10.4. The molecule has 0 radical (unpaired) electrons. The van der Waals surface area contributed by atoms with Gasteiger partial charge in [0.1, 0.15) is 5.75 Å². The van der Waals surface area contributed by atoms with Crippen molar-refractivity contribution in [3.63, 3.8) is 0 Å². The van der Waals surface area contributed by atoms with Gasteiger partial charge in [-0.1, -0.05) is 25.1 Å². The van der Waals surface area contributed by atoms with E-state index in [1.165, 1.54) is 0 Å². The van der Waals surface area contributed by atoms with E-state index < -0.39 is 0 Å². The van der Waals surface area contributed by atoms with Crippen LogP contribution < -0.4 is 4.74 Å². The summed E-state index contributed by atoms with van der Waals surface area (Å²) < 4.78 is 10.5. The predicted molar refractivity (Wildman–Crippen MR) is 67.0 cm³/mol. The molecule has 0 fully saturated rings. The molecular weight excluding hydrogens is 216 g/mol. The molecule has 1 rings (SSSR count). The first-order chi connectivity index (χ1) is 8.33. The molecule has 3 nitrogen and oxygen atoms in total. The third kappa shape index (κ3) is 6.74. The number of rotatable bonds is 8. The lowest BCUT2D eigenvalue weighted by atomic mass is 10.2. The average Bonchev–Trinajstić information content (AvgIpc) is 2.35. The lowest BCUT2D eigenvalue weighted by Gasteiger charge is -2.04. The molecule has 0 spiro atoms. The Balaban J connectivity index is 2.06. The zero-order chi connectivity index (χ0) is 12.3. The molecule has 94 valence electrons. The maximum Gasteiger partial charge on any atom is 0.311 e. The first-order valence-electron chi connectivity index (χ1n) is 6.16. The van der Waals surface area contributed by atoms with Gasteiger partial charge in [-0.3, -0.25) is 4.79 Å². The highest BCUT2D eigenvalue weighted by atomic mass is 16.5. The van der Waals surface area contributed by atoms with Crippen LogP contribution in [0.5, 0.6) is 5.75 Å². The molecule has 0 aromatic heterocycles. The fraction of sp³-hybridized carbons (Fsp3) is 0.500. The van der Waals surface area contributed by atoms with E-state index in [4.69, 9.17) is 9.47 Å². The summed E-state index contributed by atoms with van der Waals surface area (Å²) in [5, 5.41) is 0. The zero-order valence-electron chi connectivity index (χ0n) is 10.4. The van der Waals surface area contributed by atoms with Gasteiger partial charge < -0.3 is 9.47 Å². The summed E-state index contributed by atoms with van der Waals surface area (Å²) in [6, 6.07) is 9.15. The molecule has 0 N–H and O–H groups in total. The van der Waals surface area contributed by atoms with Gasteiger partial charge in [0.2, 0.25) is 0 Å². The summed E-state index contributed by atoms with van der Waals surface area (Å²) in [7, 11) is 0. The molecule has 0 unspecified atom stereocenters. The Hall–Kier alpha value is -1.35. The molecule has 0 aliphatic carbocycles. The van der Waals surface area contributed by atoms with Crippen LogP contribution in [0.4, 0.5) is 0 Å². The van der Waals surface area contributed by atoms with Gasteiger partial charge in [-0.2, -0.15) is 0 Å². The van der Waals surface area contributed by atoms with Crippen molar-refractivity contribution in [1.29, 1.82) is 0 Å². The van der Waals surface area contributed by atoms with Gasteiger partial charge in [0, 0.05) is 19.6 Å². The first kappa shape index (κ1) is 13.7. The lowest BCUT2D eigenvalue weighted by molar-refractivity contribution is -0.134. The molecule has 0 heterocycles. The Kier molecular flexibility index (Phi) is 7.07. The van der Waals surface area contributed by atoms with Crippen molar-refractivity contribution in [3.8, 4) is 5.75 Å². The van der Waals surface area contributed by atoms with Gasteiger partial charge in [0.25, 0.3) is 0 Å². The summed E-state index contributed by atoms with van der Waals surface area (Å²) in [4.78, 5) is 11.4. The topological polar surface area (TPSA) is 35.5 Å². The van der Waals surface area contributed by atoms with Crippen LogP contribution in [0.15, 0.2) is 30.3 Å². The van der Waals surface area contributed by atoms with Crippen molar-refractivity contribution >= 4 is 5.97 Å². The molecule has 0 aliphatic heterocycles. The van der Waals surface area contributed by atoms with Crippen LogP contribution in [-0.4, -0.2) is 19.2 Å². The third-order valence-corrected chi connectivity index (χ3v) is 2.24. The summed E-state index contributed by atoms with van der Waals surface area (Å²) in [6.07, 6.45) is 3.21. The number of carbonyl (C=O) groups excluding carboxylic acids is 1. The van der Waals surface area contributed by atoms with E-state index in [0.29, 0.717) is 12.2 Å². The van der Waals surface area contributed by atoms with Crippen LogP contribution in [0.2, 0.25) is 0 Å². The largest absolute Gasteiger partial charge is 0.427 e. The SMILES string of the molecule is CCCOCCCCC(=O)Oc1ccccc1. The number of esters is 1. The number of unbranched alkanes of at least 4 members (excludes halogenated alkanes) is 1. The molecule has 0 saturated carbocycles. The second kappa shape index (κ2) is 8.76. The first-order valence-corrected chi connectivity index (χ1v) is 6.16. The summed E-state index contributed by atoms with van der Waals surface area (Å²) in [5.41, 5.74) is 0. The molecular formula is C14H20O3. The highest BCUT2D eigenvalue weighted by Gasteiger charge is 2.03. The minimum atomic E-state index is -0.174. The Bertz CT molecular complexity index is 309. The maximum atomic E-state index is 11.4. The van der Waals surface area contributed by atoms with E-state index in [9.17, 15) is 4.79 Å². The molecule has 0 aliphatic rings. The average molecular weight is 236 g/mol. The summed E-state index contributed by atoms with van der Waals surface area (Å²) in [5.74, 6) is 0.437. The second-order valence-corrected chi connectivity index (χ2v) is 3.86. The molecule has 1 aromatic carbocycles. The van der Waals surface area contributed by atoms with Crippen molar-refractivity contribution in [1.82, 2.24) is 0 Å². The minimum absolute atomic E-state index is 0.174. The molecule has 0 bridgehead atoms. The van der Waals surface area contributed by atoms with E-state index in [1.807, 2.05) is 18.2 Å². The number of benzene rings is 1. The standard InChI is InChI=1S/C14H20O3/c1-2-11-16-12-7-6-10-14(15)17-13-8-4-3-5-9-13/h3-5,8-9H,2,6-7,10-12H2,1H3. The number of hydrogen-bond donors (Lipinski definition) is 0. The smallest absolute Gasteiger partial charge is 0.311 e. The Morgan fingerprint density at radius 2 is 1.88 bits per heavy atom. The number of ether oxygens (including phenoxy) is 2.